The molecule has 0 heterocycles. The number of nitrogens with two attached hydrogens (primary N) is 1. The third kappa shape index (κ3) is 5.91. The highest BCUT2D eigenvalue weighted by Crippen LogP contribution is 2.68. The minimum absolute atomic E-state index is 0.0455. The maximum absolute atomic E-state index is 13.6. The zero-order valence-corrected chi connectivity index (χ0v) is 26.9. The molecular formula is C33H54N2O5S. The van der Waals surface area contributed by atoms with Crippen LogP contribution in [0.3, 0.4) is 0 Å². The van der Waals surface area contributed by atoms with E-state index in [1.807, 2.05) is 26.8 Å². The number of Topliss-reactive ketones (excluding diaryl/α,β-unsaturated/α-hetero) is 1. The van der Waals surface area contributed by atoms with Crippen molar-refractivity contribution in [3.8, 4) is 0 Å². The molecule has 11 atom stereocenters. The normalized spacial score (nSPS) is 43.4. The lowest BCUT2D eigenvalue weighted by molar-refractivity contribution is -0.205. The quantitative estimate of drug-likeness (QED) is 0.268. The van der Waals surface area contributed by atoms with Gasteiger partial charge in [-0.2, -0.15) is 0 Å². The van der Waals surface area contributed by atoms with Crippen LogP contribution in [-0.2, 0) is 19.1 Å². The molecule has 0 aliphatic heterocycles. The number of rotatable bonds is 8. The number of thioether (sulfide) groups is 1. The summed E-state index contributed by atoms with van der Waals surface area (Å²) in [7, 11) is 0. The summed E-state index contributed by atoms with van der Waals surface area (Å²) in [6.07, 6.45) is 8.06. The summed E-state index contributed by atoms with van der Waals surface area (Å²) in [5.41, 5.74) is 4.63. The number of carbonyl (C=O) groups is 3. The maximum Gasteiger partial charge on any atom is 0.316 e. The average Bonchev–Trinajstić information content (AvgIpc) is 3.29. The summed E-state index contributed by atoms with van der Waals surface area (Å²) in [5, 5.41) is 15.1. The molecule has 0 aromatic rings. The Labute approximate surface area is 251 Å². The van der Waals surface area contributed by atoms with Crippen LogP contribution >= 0.6 is 11.8 Å². The monoisotopic (exact) mass is 590 g/mol. The predicted octanol–water partition coefficient (Wildman–Crippen LogP) is 5.04. The minimum Gasteiger partial charge on any atom is -0.461 e. The third-order valence-electron chi connectivity index (χ3n) is 12.0. The number of aliphatic hydroxyl groups excluding tert-OH is 1. The van der Waals surface area contributed by atoms with Gasteiger partial charge in [0, 0.05) is 34.5 Å². The molecule has 2 bridgehead atoms. The molecule has 4 aliphatic rings. The highest BCUT2D eigenvalue weighted by atomic mass is 32.2. The van der Waals surface area contributed by atoms with Crippen molar-refractivity contribution < 1.29 is 24.2 Å². The topological polar surface area (TPSA) is 119 Å². The average molecular weight is 591 g/mol. The fourth-order valence-electron chi connectivity index (χ4n) is 8.91. The van der Waals surface area contributed by atoms with Crippen LogP contribution in [0.15, 0.2) is 12.7 Å². The van der Waals surface area contributed by atoms with Crippen LogP contribution in [-0.4, -0.2) is 58.1 Å². The second kappa shape index (κ2) is 12.3. The van der Waals surface area contributed by atoms with Crippen molar-refractivity contribution in [2.75, 3.05) is 5.75 Å². The molecule has 4 saturated carbocycles. The first-order valence-corrected chi connectivity index (χ1v) is 17.0. The van der Waals surface area contributed by atoms with Crippen molar-refractivity contribution in [1.29, 1.82) is 0 Å². The number of amides is 1. The number of hydrogen-bond donors (Lipinski definition) is 3. The zero-order chi connectivity index (χ0) is 30.3. The molecule has 0 radical (unpaired) electrons. The largest absolute Gasteiger partial charge is 0.461 e. The van der Waals surface area contributed by atoms with E-state index in [9.17, 15) is 19.5 Å². The van der Waals surface area contributed by atoms with E-state index in [-0.39, 0.29) is 63.8 Å². The maximum atomic E-state index is 13.6. The zero-order valence-electron chi connectivity index (χ0n) is 26.1. The molecule has 0 saturated heterocycles. The summed E-state index contributed by atoms with van der Waals surface area (Å²) in [6, 6.07) is -0.445. The molecule has 232 valence electrons. The predicted molar refractivity (Wildman–Crippen MR) is 164 cm³/mol. The molecule has 4 aliphatic carbocycles. The smallest absolute Gasteiger partial charge is 0.316 e. The first kappa shape index (κ1) is 32.5. The second-order valence-corrected chi connectivity index (χ2v) is 15.9. The lowest BCUT2D eigenvalue weighted by Crippen LogP contribution is -2.63. The molecular weight excluding hydrogens is 536 g/mol. The molecule has 0 aromatic heterocycles. The molecule has 41 heavy (non-hydrogen) atoms. The van der Waals surface area contributed by atoms with Gasteiger partial charge in [-0.3, -0.25) is 14.4 Å². The number of ketones is 1. The van der Waals surface area contributed by atoms with E-state index in [4.69, 9.17) is 10.5 Å². The Balaban J connectivity index is 1.49. The fraction of sp³-hybridized carbons (Fsp3) is 0.848. The van der Waals surface area contributed by atoms with Gasteiger partial charge in [-0.05, 0) is 68.1 Å². The molecule has 0 spiro atoms. The van der Waals surface area contributed by atoms with Gasteiger partial charge in [0.1, 0.15) is 11.9 Å². The number of ether oxygens (including phenoxy) is 1. The first-order chi connectivity index (χ1) is 19.2. The van der Waals surface area contributed by atoms with E-state index in [1.165, 1.54) is 0 Å². The van der Waals surface area contributed by atoms with Gasteiger partial charge >= 0.3 is 5.97 Å². The van der Waals surface area contributed by atoms with Crippen molar-refractivity contribution in [3.05, 3.63) is 12.7 Å². The fourth-order valence-corrected chi connectivity index (χ4v) is 10.0. The van der Waals surface area contributed by atoms with Gasteiger partial charge in [-0.1, -0.05) is 54.0 Å². The Morgan fingerprint density at radius 3 is 2.59 bits per heavy atom. The van der Waals surface area contributed by atoms with Crippen LogP contribution < -0.4 is 11.1 Å². The van der Waals surface area contributed by atoms with Gasteiger partial charge in [0.25, 0.3) is 0 Å². The van der Waals surface area contributed by atoms with Gasteiger partial charge in [-0.15, -0.1) is 18.3 Å². The molecule has 1 amide bonds. The molecule has 4 fully saturated rings. The number of esters is 1. The van der Waals surface area contributed by atoms with Crippen molar-refractivity contribution in [2.45, 2.75) is 129 Å². The third-order valence-corrected chi connectivity index (χ3v) is 13.3. The number of nitrogens with one attached hydrogen (secondary N) is 1. The Morgan fingerprint density at radius 2 is 1.93 bits per heavy atom. The van der Waals surface area contributed by atoms with Crippen molar-refractivity contribution in [3.63, 3.8) is 0 Å². The molecule has 8 heteroatoms. The lowest BCUT2D eigenvalue weighted by atomic mass is 9.44. The molecule has 7 nitrogen and oxygen atoms in total. The minimum atomic E-state index is -0.667. The van der Waals surface area contributed by atoms with Crippen molar-refractivity contribution >= 4 is 29.4 Å². The first-order valence-electron chi connectivity index (χ1n) is 15.9. The van der Waals surface area contributed by atoms with E-state index >= 15 is 0 Å². The van der Waals surface area contributed by atoms with E-state index in [1.54, 1.807) is 11.8 Å². The van der Waals surface area contributed by atoms with E-state index in [2.05, 4.69) is 32.7 Å². The highest BCUT2D eigenvalue weighted by molar-refractivity contribution is 8.00. The van der Waals surface area contributed by atoms with E-state index in [0.29, 0.717) is 12.8 Å². The summed E-state index contributed by atoms with van der Waals surface area (Å²) in [4.78, 5) is 39.6. The summed E-state index contributed by atoms with van der Waals surface area (Å²) < 4.78 is 6.40. The SMILES string of the molecule is C=C[C@]1(C)C[C@@H](OC(=O)CSC2CCCC(NC(=O)C(N)C(C)C)C2)[C@@]2(C)C(C)CCC3(CCC(=O)C32)[C@@H](C)C1O. The summed E-state index contributed by atoms with van der Waals surface area (Å²) >= 11 is 1.60. The Hall–Kier alpha value is -1.38. The van der Waals surface area contributed by atoms with Crippen molar-refractivity contribution in [2.24, 2.45) is 45.7 Å². The van der Waals surface area contributed by atoms with E-state index < -0.39 is 29.1 Å². The van der Waals surface area contributed by atoms with Gasteiger partial charge in [-0.25, -0.2) is 0 Å². The van der Waals surface area contributed by atoms with Gasteiger partial charge in [0.2, 0.25) is 5.91 Å². The summed E-state index contributed by atoms with van der Waals surface area (Å²) in [6.45, 7) is 16.5. The Bertz CT molecular complexity index is 1020. The van der Waals surface area contributed by atoms with Crippen LogP contribution in [0.5, 0.6) is 0 Å². The standard InChI is InChI=1S/C33H54N2O5S/c1-8-31(6)17-25(32(7)20(4)12-14-33(21(5)29(31)38)15-13-24(36)28(32)33)40-26(37)18-41-23-11-9-10-22(16-23)35-30(39)27(34)19(2)3/h8,19-23,25,27-29,38H,1,9-18,34H2,2-7H3,(H,35,39)/t20?,21-,22?,23?,25+,27?,28?,29?,31+,32+,33?/m0/s1. The van der Waals surface area contributed by atoms with Crippen LogP contribution in [0, 0.1) is 39.9 Å². The molecule has 4 N–H and O–H groups in total. The van der Waals surface area contributed by atoms with Gasteiger partial charge < -0.3 is 20.9 Å². The van der Waals surface area contributed by atoms with Crippen molar-refractivity contribution in [1.82, 2.24) is 5.32 Å². The number of carbonyl (C=O) groups excluding carboxylic acids is 3. The highest BCUT2D eigenvalue weighted by Gasteiger charge is 2.68. The second-order valence-electron chi connectivity index (χ2n) is 14.6. The van der Waals surface area contributed by atoms with Gasteiger partial charge in [0.05, 0.1) is 17.9 Å². The van der Waals surface area contributed by atoms with Crippen LogP contribution in [0.25, 0.3) is 0 Å². The van der Waals surface area contributed by atoms with Crippen LogP contribution in [0.4, 0.5) is 0 Å². The van der Waals surface area contributed by atoms with Crippen LogP contribution in [0.1, 0.15) is 99.3 Å². The molecule has 0 aromatic carbocycles. The Morgan fingerprint density at radius 1 is 1.22 bits per heavy atom. The Kier molecular flexibility index (Phi) is 9.77. The van der Waals surface area contributed by atoms with Gasteiger partial charge in [0.15, 0.2) is 0 Å². The van der Waals surface area contributed by atoms with E-state index in [0.717, 1.165) is 44.9 Å². The lowest BCUT2D eigenvalue weighted by Gasteiger charge is -2.61. The molecule has 4 rings (SSSR count). The number of aliphatic hydroxyl groups is 1. The van der Waals surface area contributed by atoms with Crippen LogP contribution in [0.2, 0.25) is 0 Å². The number of hydrogen-bond acceptors (Lipinski definition) is 7. The molecule has 7 unspecified atom stereocenters. The summed E-state index contributed by atoms with van der Waals surface area (Å²) in [5.74, 6) is 0.154.